The summed E-state index contributed by atoms with van der Waals surface area (Å²) in [5.74, 6) is 0.0875. The Hall–Kier alpha value is -1.65. The van der Waals surface area contributed by atoms with Crippen molar-refractivity contribution in [3.8, 4) is 0 Å². The minimum absolute atomic E-state index is 0.0875. The van der Waals surface area contributed by atoms with Crippen molar-refractivity contribution in [1.29, 1.82) is 0 Å². The summed E-state index contributed by atoms with van der Waals surface area (Å²) in [5.41, 5.74) is 6.87. The highest BCUT2D eigenvalue weighted by molar-refractivity contribution is 7.13. The SMILES string of the molecule is Cc1ccc(C(=O)N(CCN)CCc2ccccc2)s1. The van der Waals surface area contributed by atoms with Crippen LogP contribution in [0.3, 0.4) is 0 Å². The van der Waals surface area contributed by atoms with Crippen LogP contribution >= 0.6 is 11.3 Å². The van der Waals surface area contributed by atoms with Crippen LogP contribution < -0.4 is 5.73 Å². The van der Waals surface area contributed by atoms with Crippen molar-refractivity contribution in [3.05, 3.63) is 57.8 Å². The van der Waals surface area contributed by atoms with Gasteiger partial charge in [-0.05, 0) is 31.0 Å². The van der Waals surface area contributed by atoms with Crippen LogP contribution in [0.4, 0.5) is 0 Å². The number of rotatable bonds is 6. The number of hydrogen-bond donors (Lipinski definition) is 1. The van der Waals surface area contributed by atoms with Crippen LogP contribution in [0.1, 0.15) is 20.1 Å². The van der Waals surface area contributed by atoms with E-state index >= 15 is 0 Å². The fourth-order valence-electron chi connectivity index (χ4n) is 2.08. The Morgan fingerprint density at radius 2 is 1.90 bits per heavy atom. The van der Waals surface area contributed by atoms with Gasteiger partial charge < -0.3 is 10.6 Å². The summed E-state index contributed by atoms with van der Waals surface area (Å²) in [5, 5.41) is 0. The van der Waals surface area contributed by atoms with Crippen molar-refractivity contribution in [2.75, 3.05) is 19.6 Å². The molecule has 106 valence electrons. The topological polar surface area (TPSA) is 46.3 Å². The number of hydrogen-bond acceptors (Lipinski definition) is 3. The largest absolute Gasteiger partial charge is 0.336 e. The number of aryl methyl sites for hydroxylation is 1. The predicted molar refractivity (Wildman–Crippen MR) is 84.2 cm³/mol. The molecule has 4 heteroatoms. The fourth-order valence-corrected chi connectivity index (χ4v) is 2.92. The standard InChI is InChI=1S/C16H20N2OS/c1-13-7-8-15(20-13)16(19)18(12-10-17)11-9-14-5-3-2-4-6-14/h2-8H,9-12,17H2,1H3. The van der Waals surface area contributed by atoms with Crippen LogP contribution in [0, 0.1) is 6.92 Å². The first-order valence-corrected chi connectivity index (χ1v) is 7.62. The molecule has 0 bridgehead atoms. The van der Waals surface area contributed by atoms with Crippen LogP contribution in [0.5, 0.6) is 0 Å². The molecule has 3 nitrogen and oxygen atoms in total. The van der Waals surface area contributed by atoms with Gasteiger partial charge in [0.15, 0.2) is 0 Å². The van der Waals surface area contributed by atoms with Gasteiger partial charge in [-0.1, -0.05) is 30.3 Å². The Balaban J connectivity index is 2.01. The van der Waals surface area contributed by atoms with E-state index in [1.165, 1.54) is 16.9 Å². The van der Waals surface area contributed by atoms with Crippen molar-refractivity contribution in [2.24, 2.45) is 5.73 Å². The summed E-state index contributed by atoms with van der Waals surface area (Å²) >= 11 is 1.54. The van der Waals surface area contributed by atoms with Gasteiger partial charge in [-0.3, -0.25) is 4.79 Å². The molecule has 1 amide bonds. The molecule has 2 N–H and O–H groups in total. The van der Waals surface area contributed by atoms with Gasteiger partial charge in [0.2, 0.25) is 0 Å². The highest BCUT2D eigenvalue weighted by atomic mass is 32.1. The molecule has 0 aliphatic carbocycles. The second-order valence-electron chi connectivity index (χ2n) is 4.73. The van der Waals surface area contributed by atoms with Gasteiger partial charge in [0.25, 0.3) is 5.91 Å². The first-order valence-electron chi connectivity index (χ1n) is 6.80. The maximum absolute atomic E-state index is 12.5. The number of thiophene rings is 1. The number of nitrogens with two attached hydrogens (primary N) is 1. The lowest BCUT2D eigenvalue weighted by Gasteiger charge is -2.21. The lowest BCUT2D eigenvalue weighted by atomic mass is 10.1. The van der Waals surface area contributed by atoms with Gasteiger partial charge in [-0.15, -0.1) is 11.3 Å². The molecule has 0 fully saturated rings. The summed E-state index contributed by atoms with van der Waals surface area (Å²) in [6, 6.07) is 14.1. The fraction of sp³-hybridized carbons (Fsp3) is 0.312. The second kappa shape index (κ2) is 7.22. The molecule has 1 heterocycles. The van der Waals surface area contributed by atoms with Crippen molar-refractivity contribution >= 4 is 17.2 Å². The molecular weight excluding hydrogens is 268 g/mol. The molecule has 0 radical (unpaired) electrons. The molecule has 0 saturated heterocycles. The average Bonchev–Trinajstić information content (AvgIpc) is 2.90. The van der Waals surface area contributed by atoms with Crippen LogP contribution in [0.15, 0.2) is 42.5 Å². The first-order chi connectivity index (χ1) is 9.70. The normalized spacial score (nSPS) is 10.5. The molecule has 20 heavy (non-hydrogen) atoms. The third kappa shape index (κ3) is 3.92. The lowest BCUT2D eigenvalue weighted by Crippen LogP contribution is -2.36. The van der Waals surface area contributed by atoms with E-state index in [1.807, 2.05) is 42.2 Å². The zero-order valence-electron chi connectivity index (χ0n) is 11.7. The maximum atomic E-state index is 12.5. The monoisotopic (exact) mass is 288 g/mol. The van der Waals surface area contributed by atoms with Gasteiger partial charge in [-0.2, -0.15) is 0 Å². The number of amides is 1. The van der Waals surface area contributed by atoms with Gasteiger partial charge in [-0.25, -0.2) is 0 Å². The second-order valence-corrected chi connectivity index (χ2v) is 6.01. The molecule has 0 spiro atoms. The Morgan fingerprint density at radius 1 is 1.15 bits per heavy atom. The Morgan fingerprint density at radius 3 is 2.50 bits per heavy atom. The maximum Gasteiger partial charge on any atom is 0.263 e. The van der Waals surface area contributed by atoms with E-state index < -0.39 is 0 Å². The molecule has 0 aliphatic rings. The quantitative estimate of drug-likeness (QED) is 0.888. The van der Waals surface area contributed by atoms with Crippen LogP contribution in [0.25, 0.3) is 0 Å². The third-order valence-corrected chi connectivity index (χ3v) is 4.14. The molecule has 0 atom stereocenters. The predicted octanol–water partition coefficient (Wildman–Crippen LogP) is 2.70. The number of carbonyl (C=O) groups excluding carboxylic acids is 1. The van der Waals surface area contributed by atoms with Crippen molar-refractivity contribution in [3.63, 3.8) is 0 Å². The molecular formula is C16H20N2OS. The van der Waals surface area contributed by atoms with E-state index in [0.717, 1.165) is 16.2 Å². The molecule has 0 aliphatic heterocycles. The van der Waals surface area contributed by atoms with Crippen molar-refractivity contribution < 1.29 is 4.79 Å². The van der Waals surface area contributed by atoms with Crippen molar-refractivity contribution in [2.45, 2.75) is 13.3 Å². The van der Waals surface area contributed by atoms with E-state index in [4.69, 9.17) is 5.73 Å². The Bertz CT molecular complexity index is 551. The van der Waals surface area contributed by atoms with E-state index in [2.05, 4.69) is 12.1 Å². The number of benzene rings is 1. The number of nitrogens with zero attached hydrogens (tertiary/aromatic N) is 1. The molecule has 1 aromatic heterocycles. The average molecular weight is 288 g/mol. The highest BCUT2D eigenvalue weighted by Gasteiger charge is 2.16. The van der Waals surface area contributed by atoms with Gasteiger partial charge in [0.05, 0.1) is 4.88 Å². The van der Waals surface area contributed by atoms with Gasteiger partial charge >= 0.3 is 0 Å². The van der Waals surface area contributed by atoms with E-state index in [9.17, 15) is 4.79 Å². The summed E-state index contributed by atoms with van der Waals surface area (Å²) in [4.78, 5) is 16.2. The van der Waals surface area contributed by atoms with E-state index in [0.29, 0.717) is 19.6 Å². The van der Waals surface area contributed by atoms with Crippen molar-refractivity contribution in [1.82, 2.24) is 4.90 Å². The minimum Gasteiger partial charge on any atom is -0.336 e. The summed E-state index contributed by atoms with van der Waals surface area (Å²) < 4.78 is 0. The Labute approximate surface area is 124 Å². The first kappa shape index (κ1) is 14.8. The van der Waals surface area contributed by atoms with Gasteiger partial charge in [0.1, 0.15) is 0 Å². The van der Waals surface area contributed by atoms with E-state index in [1.54, 1.807) is 0 Å². The zero-order valence-corrected chi connectivity index (χ0v) is 12.5. The molecule has 2 rings (SSSR count). The number of carbonyl (C=O) groups is 1. The highest BCUT2D eigenvalue weighted by Crippen LogP contribution is 2.17. The molecule has 2 aromatic rings. The molecule has 1 aromatic carbocycles. The third-order valence-electron chi connectivity index (χ3n) is 3.15. The smallest absolute Gasteiger partial charge is 0.263 e. The molecule has 0 unspecified atom stereocenters. The van der Waals surface area contributed by atoms with Crippen LogP contribution in [-0.4, -0.2) is 30.4 Å². The lowest BCUT2D eigenvalue weighted by molar-refractivity contribution is 0.0767. The zero-order chi connectivity index (χ0) is 14.4. The molecule has 0 saturated carbocycles. The summed E-state index contributed by atoms with van der Waals surface area (Å²) in [6.45, 7) is 3.81. The van der Waals surface area contributed by atoms with Crippen LogP contribution in [0.2, 0.25) is 0 Å². The van der Waals surface area contributed by atoms with Gasteiger partial charge in [0, 0.05) is 24.5 Å². The Kier molecular flexibility index (Phi) is 5.32. The van der Waals surface area contributed by atoms with Crippen LogP contribution in [-0.2, 0) is 6.42 Å². The summed E-state index contributed by atoms with van der Waals surface area (Å²) in [6.07, 6.45) is 0.858. The van der Waals surface area contributed by atoms with E-state index in [-0.39, 0.29) is 5.91 Å². The summed E-state index contributed by atoms with van der Waals surface area (Å²) in [7, 11) is 0. The minimum atomic E-state index is 0.0875.